The van der Waals surface area contributed by atoms with Crippen LogP contribution in [0.15, 0.2) is 6.33 Å². The van der Waals surface area contributed by atoms with Gasteiger partial charge in [0, 0.05) is 13.1 Å². The molecule has 1 fully saturated rings. The van der Waals surface area contributed by atoms with E-state index < -0.39 is 0 Å². The van der Waals surface area contributed by atoms with Crippen molar-refractivity contribution in [2.75, 3.05) is 27.2 Å². The van der Waals surface area contributed by atoms with E-state index in [-0.39, 0.29) is 12.5 Å². The lowest BCUT2D eigenvalue weighted by atomic mass is 10.0. The Morgan fingerprint density at radius 2 is 2.18 bits per heavy atom. The van der Waals surface area contributed by atoms with E-state index in [1.807, 2.05) is 11.9 Å². The third kappa shape index (κ3) is 3.00. The van der Waals surface area contributed by atoms with Crippen LogP contribution in [-0.4, -0.2) is 69.1 Å². The number of likely N-dealkylation sites (tertiary alicyclic amines) is 1. The summed E-state index contributed by atoms with van der Waals surface area (Å²) in [6, 6.07) is 0.343. The largest absolute Gasteiger partial charge is 0.341 e. The minimum atomic E-state index is 0.0619. The van der Waals surface area contributed by atoms with Gasteiger partial charge in [0.25, 0.3) is 0 Å². The van der Waals surface area contributed by atoms with Crippen molar-refractivity contribution in [3.05, 3.63) is 6.33 Å². The molecule has 1 saturated heterocycles. The van der Waals surface area contributed by atoms with Gasteiger partial charge in [-0.1, -0.05) is 0 Å². The molecule has 0 spiro atoms. The highest BCUT2D eigenvalue weighted by atomic mass is 16.2. The van der Waals surface area contributed by atoms with Crippen LogP contribution in [0, 0.1) is 0 Å². The molecular formula is C10H18N6O. The molecule has 0 unspecified atom stereocenters. The zero-order chi connectivity index (χ0) is 12.3. The average Bonchev–Trinajstić information content (AvgIpc) is 2.82. The number of piperidine rings is 1. The van der Waals surface area contributed by atoms with E-state index in [0.717, 1.165) is 25.9 Å². The average molecular weight is 238 g/mol. The summed E-state index contributed by atoms with van der Waals surface area (Å²) in [5, 5.41) is 10.7. The monoisotopic (exact) mass is 238 g/mol. The highest BCUT2D eigenvalue weighted by Gasteiger charge is 2.24. The van der Waals surface area contributed by atoms with Crippen molar-refractivity contribution in [3.63, 3.8) is 0 Å². The predicted octanol–water partition coefficient (Wildman–Crippen LogP) is -0.774. The Morgan fingerprint density at radius 3 is 2.76 bits per heavy atom. The Morgan fingerprint density at radius 1 is 1.47 bits per heavy atom. The van der Waals surface area contributed by atoms with Gasteiger partial charge in [0.15, 0.2) is 0 Å². The number of carbonyl (C=O) groups is 1. The molecule has 0 aromatic carbocycles. The van der Waals surface area contributed by atoms with Crippen LogP contribution in [0.5, 0.6) is 0 Å². The van der Waals surface area contributed by atoms with Crippen LogP contribution < -0.4 is 0 Å². The Kier molecular flexibility index (Phi) is 3.68. The van der Waals surface area contributed by atoms with Gasteiger partial charge < -0.3 is 9.80 Å². The van der Waals surface area contributed by atoms with Crippen molar-refractivity contribution in [2.24, 2.45) is 0 Å². The van der Waals surface area contributed by atoms with Crippen molar-refractivity contribution in [2.45, 2.75) is 25.4 Å². The van der Waals surface area contributed by atoms with E-state index in [1.165, 1.54) is 11.0 Å². The van der Waals surface area contributed by atoms with Crippen LogP contribution in [0.3, 0.4) is 0 Å². The summed E-state index contributed by atoms with van der Waals surface area (Å²) in [5.41, 5.74) is 0. The molecule has 1 aromatic rings. The Hall–Kier alpha value is -1.50. The number of rotatable bonds is 3. The highest BCUT2D eigenvalue weighted by molar-refractivity contribution is 5.75. The number of aromatic nitrogens is 4. The molecule has 7 nitrogen and oxygen atoms in total. The molecule has 2 rings (SSSR count). The van der Waals surface area contributed by atoms with Crippen molar-refractivity contribution in [3.8, 4) is 0 Å². The summed E-state index contributed by atoms with van der Waals surface area (Å²) in [4.78, 5) is 16.1. The molecule has 94 valence electrons. The Balaban J connectivity index is 1.86. The summed E-state index contributed by atoms with van der Waals surface area (Å²) in [5.74, 6) is 0.0619. The number of likely N-dealkylation sites (N-methyl/N-ethyl adjacent to an activating group) is 1. The van der Waals surface area contributed by atoms with E-state index in [0.29, 0.717) is 6.04 Å². The minimum Gasteiger partial charge on any atom is -0.341 e. The molecule has 1 aliphatic rings. The number of tetrazole rings is 1. The van der Waals surface area contributed by atoms with Crippen LogP contribution in [0.4, 0.5) is 0 Å². The fourth-order valence-electron chi connectivity index (χ4n) is 2.09. The maximum absolute atomic E-state index is 12.0. The second-order valence-electron chi connectivity index (χ2n) is 4.55. The topological polar surface area (TPSA) is 67.2 Å². The molecule has 1 aliphatic heterocycles. The van der Waals surface area contributed by atoms with Gasteiger partial charge in [-0.05, 0) is 43.4 Å². The van der Waals surface area contributed by atoms with Gasteiger partial charge >= 0.3 is 0 Å². The third-order valence-electron chi connectivity index (χ3n) is 3.32. The number of carbonyl (C=O) groups excluding carboxylic acids is 1. The molecule has 0 N–H and O–H groups in total. The first-order valence-electron chi connectivity index (χ1n) is 5.82. The van der Waals surface area contributed by atoms with Crippen LogP contribution in [0.1, 0.15) is 12.8 Å². The summed E-state index contributed by atoms with van der Waals surface area (Å²) < 4.78 is 1.45. The summed E-state index contributed by atoms with van der Waals surface area (Å²) in [6.45, 7) is 2.32. The molecule has 1 amide bonds. The molecule has 7 heteroatoms. The fourth-order valence-corrected chi connectivity index (χ4v) is 2.09. The number of hydrogen-bond donors (Lipinski definition) is 0. The molecule has 0 radical (unpaired) electrons. The van der Waals surface area contributed by atoms with Crippen LogP contribution in [0.2, 0.25) is 0 Å². The first kappa shape index (κ1) is 12.0. The molecular weight excluding hydrogens is 220 g/mol. The molecule has 0 bridgehead atoms. The second kappa shape index (κ2) is 5.22. The lowest BCUT2D eigenvalue weighted by Gasteiger charge is -2.35. The first-order chi connectivity index (χ1) is 8.16. The van der Waals surface area contributed by atoms with Crippen molar-refractivity contribution < 1.29 is 4.79 Å². The van der Waals surface area contributed by atoms with Gasteiger partial charge in [-0.15, -0.1) is 5.10 Å². The lowest BCUT2D eigenvalue weighted by Crippen LogP contribution is -2.45. The van der Waals surface area contributed by atoms with E-state index in [9.17, 15) is 4.79 Å². The van der Waals surface area contributed by atoms with Gasteiger partial charge in [0.05, 0.1) is 0 Å². The molecule has 0 aliphatic carbocycles. The SMILES string of the molecule is CN1CCC(N(C)C(=O)Cn2cnnn2)CC1. The van der Waals surface area contributed by atoms with Crippen molar-refractivity contribution in [1.82, 2.24) is 30.0 Å². The van der Waals surface area contributed by atoms with Gasteiger partial charge in [0.2, 0.25) is 5.91 Å². The number of hydrogen-bond acceptors (Lipinski definition) is 5. The van der Waals surface area contributed by atoms with E-state index in [1.54, 1.807) is 0 Å². The zero-order valence-electron chi connectivity index (χ0n) is 10.3. The molecule has 0 atom stereocenters. The highest BCUT2D eigenvalue weighted by Crippen LogP contribution is 2.14. The van der Waals surface area contributed by atoms with E-state index >= 15 is 0 Å². The third-order valence-corrected chi connectivity index (χ3v) is 3.32. The zero-order valence-corrected chi connectivity index (χ0v) is 10.3. The molecule has 2 heterocycles. The van der Waals surface area contributed by atoms with E-state index in [2.05, 4.69) is 27.5 Å². The van der Waals surface area contributed by atoms with Crippen LogP contribution in [-0.2, 0) is 11.3 Å². The summed E-state index contributed by atoms with van der Waals surface area (Å²) >= 11 is 0. The van der Waals surface area contributed by atoms with Gasteiger partial charge in [0.1, 0.15) is 12.9 Å². The lowest BCUT2D eigenvalue weighted by molar-refractivity contribution is -0.133. The Bertz CT molecular complexity index is 357. The minimum absolute atomic E-state index is 0.0619. The summed E-state index contributed by atoms with van der Waals surface area (Å²) in [7, 11) is 3.97. The predicted molar refractivity (Wildman–Crippen MR) is 61.1 cm³/mol. The normalized spacial score (nSPS) is 18.2. The van der Waals surface area contributed by atoms with Crippen molar-refractivity contribution in [1.29, 1.82) is 0 Å². The maximum Gasteiger partial charge on any atom is 0.244 e. The number of nitrogens with zero attached hydrogens (tertiary/aromatic N) is 6. The van der Waals surface area contributed by atoms with Crippen molar-refractivity contribution >= 4 is 5.91 Å². The molecule has 1 aromatic heterocycles. The smallest absolute Gasteiger partial charge is 0.244 e. The molecule has 17 heavy (non-hydrogen) atoms. The quantitative estimate of drug-likeness (QED) is 0.691. The van der Waals surface area contributed by atoms with E-state index in [4.69, 9.17) is 0 Å². The second-order valence-corrected chi connectivity index (χ2v) is 4.55. The van der Waals surface area contributed by atoms with Gasteiger partial charge in [-0.25, -0.2) is 4.68 Å². The number of amides is 1. The summed E-state index contributed by atoms with van der Waals surface area (Å²) in [6.07, 6.45) is 3.53. The van der Waals surface area contributed by atoms with Crippen LogP contribution in [0.25, 0.3) is 0 Å². The molecule has 0 saturated carbocycles. The first-order valence-corrected chi connectivity index (χ1v) is 5.82. The standard InChI is InChI=1S/C10H18N6O/c1-14-5-3-9(4-6-14)15(2)10(17)7-16-8-11-12-13-16/h8-9H,3-7H2,1-2H3. The Labute approximate surface area is 100 Å². The van der Waals surface area contributed by atoms with Crippen LogP contribution >= 0.6 is 0 Å². The fraction of sp³-hybridized carbons (Fsp3) is 0.800. The maximum atomic E-state index is 12.0. The van der Waals surface area contributed by atoms with Gasteiger partial charge in [-0.3, -0.25) is 4.79 Å². The van der Waals surface area contributed by atoms with Gasteiger partial charge in [-0.2, -0.15) is 0 Å².